The van der Waals surface area contributed by atoms with Crippen LogP contribution in [0.4, 0.5) is 0 Å². The minimum Gasteiger partial charge on any atom is -0.255 e. The molecule has 0 spiro atoms. The van der Waals surface area contributed by atoms with E-state index < -0.39 is 0 Å². The van der Waals surface area contributed by atoms with Crippen molar-refractivity contribution in [3.63, 3.8) is 0 Å². The Bertz CT molecular complexity index is 455. The summed E-state index contributed by atoms with van der Waals surface area (Å²) in [5.41, 5.74) is 5.80. The van der Waals surface area contributed by atoms with Crippen molar-refractivity contribution >= 4 is 11.4 Å². The molecular weight excluding hydrogens is 184 g/mol. The Balaban J connectivity index is 2.49. The molecule has 0 aromatic carbocycles. The molecule has 2 heteroatoms. The molecule has 2 rings (SSSR count). The Morgan fingerprint density at radius 1 is 1.20 bits per heavy atom. The molecule has 0 saturated carbocycles. The van der Waals surface area contributed by atoms with Crippen molar-refractivity contribution in [1.82, 2.24) is 4.98 Å². The molecule has 0 saturated heterocycles. The minimum absolute atomic E-state index is 0.460. The Kier molecular flexibility index (Phi) is 2.43. The van der Waals surface area contributed by atoms with Crippen molar-refractivity contribution in [2.24, 2.45) is 10.9 Å². The summed E-state index contributed by atoms with van der Waals surface area (Å²) in [5.74, 6) is 0.460. The molecule has 1 aromatic rings. The molecule has 1 aliphatic rings. The number of nitrogens with zero attached hydrogens (tertiary/aromatic N) is 2. The van der Waals surface area contributed by atoms with Crippen molar-refractivity contribution in [2.75, 3.05) is 0 Å². The Morgan fingerprint density at radius 3 is 2.47 bits per heavy atom. The van der Waals surface area contributed by atoms with E-state index in [1.807, 2.05) is 12.3 Å². The summed E-state index contributed by atoms with van der Waals surface area (Å²) in [4.78, 5) is 8.97. The molecule has 0 N–H and O–H groups in total. The molecule has 2 heterocycles. The minimum atomic E-state index is 0.460. The second kappa shape index (κ2) is 3.61. The quantitative estimate of drug-likeness (QED) is 0.683. The van der Waals surface area contributed by atoms with Crippen molar-refractivity contribution in [3.05, 3.63) is 35.2 Å². The zero-order valence-electron chi connectivity index (χ0n) is 9.70. The summed E-state index contributed by atoms with van der Waals surface area (Å²) in [6.07, 6.45) is 1.85. The van der Waals surface area contributed by atoms with Gasteiger partial charge in [0.15, 0.2) is 0 Å². The smallest absolute Gasteiger partial charge is 0.0888 e. The zero-order valence-corrected chi connectivity index (χ0v) is 9.70. The molecule has 1 aliphatic heterocycles. The standard InChI is InChI=1S/C13H16N2/c1-8-5-6-14-12(7-8)13-10(3)9(2)11(4)15-13/h5-7,9H,1-4H3. The van der Waals surface area contributed by atoms with Gasteiger partial charge in [-0.15, -0.1) is 0 Å². The van der Waals surface area contributed by atoms with Gasteiger partial charge in [-0.25, -0.2) is 0 Å². The third kappa shape index (κ3) is 1.72. The van der Waals surface area contributed by atoms with Crippen LogP contribution in [0.5, 0.6) is 0 Å². The average Bonchev–Trinajstić information content (AvgIpc) is 2.46. The first-order chi connectivity index (χ1) is 7.09. The Labute approximate surface area is 90.8 Å². The fourth-order valence-electron chi connectivity index (χ4n) is 1.80. The lowest BCUT2D eigenvalue weighted by atomic mass is 9.99. The van der Waals surface area contributed by atoms with Gasteiger partial charge in [-0.05, 0) is 44.0 Å². The summed E-state index contributed by atoms with van der Waals surface area (Å²) in [6, 6.07) is 4.10. The topological polar surface area (TPSA) is 25.2 Å². The van der Waals surface area contributed by atoms with E-state index in [4.69, 9.17) is 0 Å². The second-order valence-corrected chi connectivity index (χ2v) is 4.22. The van der Waals surface area contributed by atoms with Gasteiger partial charge < -0.3 is 0 Å². The van der Waals surface area contributed by atoms with Gasteiger partial charge in [0.1, 0.15) is 0 Å². The van der Waals surface area contributed by atoms with E-state index in [-0.39, 0.29) is 0 Å². The van der Waals surface area contributed by atoms with E-state index in [0.29, 0.717) is 5.92 Å². The molecule has 1 unspecified atom stereocenters. The van der Waals surface area contributed by atoms with Crippen molar-refractivity contribution < 1.29 is 0 Å². The third-order valence-corrected chi connectivity index (χ3v) is 3.10. The van der Waals surface area contributed by atoms with Crippen LogP contribution in [-0.4, -0.2) is 10.7 Å². The first-order valence-electron chi connectivity index (χ1n) is 5.28. The number of rotatable bonds is 1. The summed E-state index contributed by atoms with van der Waals surface area (Å²) in [5, 5.41) is 0. The maximum Gasteiger partial charge on any atom is 0.0888 e. The highest BCUT2D eigenvalue weighted by molar-refractivity contribution is 5.97. The van der Waals surface area contributed by atoms with Crippen LogP contribution < -0.4 is 0 Å². The maximum absolute atomic E-state index is 4.60. The predicted molar refractivity (Wildman–Crippen MR) is 63.8 cm³/mol. The molecule has 15 heavy (non-hydrogen) atoms. The third-order valence-electron chi connectivity index (χ3n) is 3.10. The lowest BCUT2D eigenvalue weighted by Crippen LogP contribution is -2.02. The molecule has 0 fully saturated rings. The molecule has 1 atom stereocenters. The van der Waals surface area contributed by atoms with Crippen molar-refractivity contribution in [3.8, 4) is 0 Å². The van der Waals surface area contributed by atoms with E-state index in [1.165, 1.54) is 16.8 Å². The fourth-order valence-corrected chi connectivity index (χ4v) is 1.80. The van der Waals surface area contributed by atoms with Gasteiger partial charge in [0.25, 0.3) is 0 Å². The monoisotopic (exact) mass is 200 g/mol. The van der Waals surface area contributed by atoms with Gasteiger partial charge in [-0.3, -0.25) is 9.98 Å². The largest absolute Gasteiger partial charge is 0.255 e. The highest BCUT2D eigenvalue weighted by Crippen LogP contribution is 2.31. The summed E-state index contributed by atoms with van der Waals surface area (Å²) in [7, 11) is 0. The predicted octanol–water partition coefficient (Wildman–Crippen LogP) is 3.23. The van der Waals surface area contributed by atoms with Gasteiger partial charge in [-0.1, -0.05) is 6.92 Å². The van der Waals surface area contributed by atoms with Gasteiger partial charge >= 0.3 is 0 Å². The van der Waals surface area contributed by atoms with Gasteiger partial charge in [0, 0.05) is 17.8 Å². The number of hydrogen-bond acceptors (Lipinski definition) is 2. The second-order valence-electron chi connectivity index (χ2n) is 4.22. The van der Waals surface area contributed by atoms with Crippen LogP contribution in [0, 0.1) is 12.8 Å². The van der Waals surface area contributed by atoms with E-state index in [2.05, 4.69) is 43.7 Å². The summed E-state index contributed by atoms with van der Waals surface area (Å²) >= 11 is 0. The van der Waals surface area contributed by atoms with Gasteiger partial charge in [0.2, 0.25) is 0 Å². The normalized spacial score (nSPS) is 20.8. The molecule has 0 amide bonds. The van der Waals surface area contributed by atoms with Crippen LogP contribution in [0.1, 0.15) is 32.0 Å². The van der Waals surface area contributed by atoms with Crippen molar-refractivity contribution in [2.45, 2.75) is 27.7 Å². The first kappa shape index (κ1) is 10.1. The number of allylic oxidation sites excluding steroid dienone is 1. The molecule has 0 radical (unpaired) electrons. The summed E-state index contributed by atoms with van der Waals surface area (Å²) in [6.45, 7) is 8.49. The van der Waals surface area contributed by atoms with E-state index >= 15 is 0 Å². The van der Waals surface area contributed by atoms with E-state index in [1.54, 1.807) is 0 Å². The summed E-state index contributed by atoms with van der Waals surface area (Å²) < 4.78 is 0. The van der Waals surface area contributed by atoms with E-state index in [9.17, 15) is 0 Å². The lowest BCUT2D eigenvalue weighted by molar-refractivity contribution is 0.934. The van der Waals surface area contributed by atoms with Crippen LogP contribution in [0.25, 0.3) is 5.70 Å². The molecule has 0 bridgehead atoms. The molecular formula is C13H16N2. The molecule has 0 aliphatic carbocycles. The van der Waals surface area contributed by atoms with Crippen LogP contribution in [-0.2, 0) is 0 Å². The lowest BCUT2D eigenvalue weighted by Gasteiger charge is -2.04. The highest BCUT2D eigenvalue weighted by atomic mass is 14.9. The number of aryl methyl sites for hydroxylation is 1. The number of hydrogen-bond donors (Lipinski definition) is 0. The Morgan fingerprint density at radius 2 is 1.93 bits per heavy atom. The number of aromatic nitrogens is 1. The Hall–Kier alpha value is -1.44. The molecule has 2 nitrogen and oxygen atoms in total. The van der Waals surface area contributed by atoms with Crippen LogP contribution >= 0.6 is 0 Å². The molecule has 78 valence electrons. The van der Waals surface area contributed by atoms with Gasteiger partial charge in [-0.2, -0.15) is 0 Å². The van der Waals surface area contributed by atoms with Crippen molar-refractivity contribution in [1.29, 1.82) is 0 Å². The average molecular weight is 200 g/mol. The fraction of sp³-hybridized carbons (Fsp3) is 0.385. The zero-order chi connectivity index (χ0) is 11.0. The van der Waals surface area contributed by atoms with Gasteiger partial charge in [0.05, 0.1) is 11.4 Å². The maximum atomic E-state index is 4.60. The number of aliphatic imine (C=N–C) groups is 1. The highest BCUT2D eigenvalue weighted by Gasteiger charge is 2.21. The van der Waals surface area contributed by atoms with Crippen LogP contribution in [0.2, 0.25) is 0 Å². The SMILES string of the molecule is CC1=NC(c2cc(C)ccn2)=C(C)C1C. The van der Waals surface area contributed by atoms with Crippen LogP contribution in [0.15, 0.2) is 28.9 Å². The number of pyridine rings is 1. The first-order valence-corrected chi connectivity index (χ1v) is 5.28. The van der Waals surface area contributed by atoms with Crippen LogP contribution in [0.3, 0.4) is 0 Å². The van der Waals surface area contributed by atoms with E-state index in [0.717, 1.165) is 11.4 Å². The molecule has 1 aromatic heterocycles.